The molecule has 0 aliphatic carbocycles. The molecule has 6 heteroatoms. The van der Waals surface area contributed by atoms with Crippen LogP contribution in [-0.4, -0.2) is 27.2 Å². The Hall–Kier alpha value is -1.82. The molecule has 0 saturated carbocycles. The fourth-order valence-electron chi connectivity index (χ4n) is 1.17. The number of hydrogen-bond acceptors (Lipinski definition) is 5. The second-order valence-corrected chi connectivity index (χ2v) is 5.47. The van der Waals surface area contributed by atoms with Gasteiger partial charge in [-0.3, -0.25) is 0 Å². The van der Waals surface area contributed by atoms with E-state index in [0.29, 0.717) is 0 Å². The molecule has 1 rings (SSSR count). The lowest BCUT2D eigenvalue weighted by molar-refractivity contribution is 0.0549. The number of hydrogen-bond donors (Lipinski definition) is 1. The molecule has 0 spiro atoms. The molecule has 1 aromatic carbocycles. The maximum absolute atomic E-state index is 11.5. The lowest BCUT2D eigenvalue weighted by Crippen LogP contribution is -2.08. The molecular formula is C11H13NO4S. The van der Waals surface area contributed by atoms with E-state index >= 15 is 0 Å². The first-order chi connectivity index (χ1) is 7.84. The van der Waals surface area contributed by atoms with Crippen LogP contribution in [0.5, 0.6) is 0 Å². The maximum Gasteiger partial charge on any atom is 0.338 e. The topological polar surface area (TPSA) is 86.5 Å². The minimum atomic E-state index is -3.41. The summed E-state index contributed by atoms with van der Waals surface area (Å²) in [5.41, 5.74) is 5.83. The number of esters is 1. The number of carbonyl (C=O) groups excluding carboxylic acids is 1. The van der Waals surface area contributed by atoms with Crippen molar-refractivity contribution in [1.82, 2.24) is 0 Å². The highest BCUT2D eigenvalue weighted by molar-refractivity contribution is 7.90. The van der Waals surface area contributed by atoms with Gasteiger partial charge >= 0.3 is 5.97 Å². The highest BCUT2D eigenvalue weighted by Crippen LogP contribution is 2.17. The van der Waals surface area contributed by atoms with Crippen LogP contribution in [0.4, 0.5) is 5.69 Å². The third-order valence-electron chi connectivity index (χ3n) is 1.92. The van der Waals surface area contributed by atoms with Gasteiger partial charge in [-0.15, -0.1) is 0 Å². The molecule has 0 atom stereocenters. The summed E-state index contributed by atoms with van der Waals surface area (Å²) < 4.78 is 27.5. The van der Waals surface area contributed by atoms with Crippen LogP contribution in [0.2, 0.25) is 0 Å². The summed E-state index contributed by atoms with van der Waals surface area (Å²) in [6.45, 7) is 3.46. The number of sulfone groups is 1. The van der Waals surface area contributed by atoms with E-state index in [-0.39, 0.29) is 22.8 Å². The molecule has 17 heavy (non-hydrogen) atoms. The minimum absolute atomic E-state index is 0.0111. The van der Waals surface area contributed by atoms with E-state index < -0.39 is 15.8 Å². The van der Waals surface area contributed by atoms with Gasteiger partial charge in [-0.05, 0) is 18.2 Å². The summed E-state index contributed by atoms with van der Waals surface area (Å²) in [4.78, 5) is 11.5. The Morgan fingerprint density at radius 1 is 1.47 bits per heavy atom. The molecule has 0 fully saturated rings. The fraction of sp³-hybridized carbons (Fsp3) is 0.182. The van der Waals surface area contributed by atoms with E-state index in [9.17, 15) is 13.2 Å². The van der Waals surface area contributed by atoms with E-state index in [2.05, 4.69) is 6.58 Å². The predicted molar refractivity (Wildman–Crippen MR) is 64.4 cm³/mol. The average Bonchev–Trinajstić information content (AvgIpc) is 2.23. The number of rotatable bonds is 4. The van der Waals surface area contributed by atoms with Gasteiger partial charge in [0.05, 0.1) is 10.5 Å². The molecule has 0 heterocycles. The molecular weight excluding hydrogens is 242 g/mol. The van der Waals surface area contributed by atoms with E-state index in [1.54, 1.807) is 0 Å². The zero-order valence-corrected chi connectivity index (χ0v) is 10.2. The molecule has 92 valence electrons. The van der Waals surface area contributed by atoms with Crippen molar-refractivity contribution in [2.45, 2.75) is 4.90 Å². The Morgan fingerprint density at radius 2 is 2.12 bits per heavy atom. The van der Waals surface area contributed by atoms with Gasteiger partial charge in [0.15, 0.2) is 9.84 Å². The maximum atomic E-state index is 11.5. The lowest BCUT2D eigenvalue weighted by atomic mass is 10.2. The van der Waals surface area contributed by atoms with Gasteiger partial charge in [0.1, 0.15) is 6.61 Å². The number of carbonyl (C=O) groups is 1. The first-order valence-electron chi connectivity index (χ1n) is 4.73. The highest BCUT2D eigenvalue weighted by Gasteiger charge is 2.14. The molecule has 0 saturated heterocycles. The fourth-order valence-corrected chi connectivity index (χ4v) is 1.86. The van der Waals surface area contributed by atoms with Crippen molar-refractivity contribution in [3.63, 3.8) is 0 Å². The Kier molecular flexibility index (Phi) is 3.90. The number of benzene rings is 1. The quantitative estimate of drug-likeness (QED) is 0.493. The standard InChI is InChI=1S/C11H13NO4S/c1-3-4-16-11(13)8-5-9(12)7-10(6-8)17(2,14)15/h3,5-7H,1,4,12H2,2H3. The molecule has 2 N–H and O–H groups in total. The smallest absolute Gasteiger partial charge is 0.338 e. The molecule has 0 bridgehead atoms. The molecule has 0 unspecified atom stereocenters. The second-order valence-electron chi connectivity index (χ2n) is 3.45. The number of anilines is 1. The van der Waals surface area contributed by atoms with Crippen LogP contribution >= 0.6 is 0 Å². The molecule has 0 aliphatic rings. The molecule has 0 aromatic heterocycles. The van der Waals surface area contributed by atoms with Crippen molar-refractivity contribution in [1.29, 1.82) is 0 Å². The first-order valence-corrected chi connectivity index (χ1v) is 6.62. The summed E-state index contributed by atoms with van der Waals surface area (Å²) in [6, 6.07) is 3.89. The van der Waals surface area contributed by atoms with Gasteiger partial charge in [0.25, 0.3) is 0 Å². The molecule has 1 aromatic rings. The molecule has 0 radical (unpaired) electrons. The third kappa shape index (κ3) is 3.60. The Bertz CT molecular complexity index is 549. The number of ether oxygens (including phenoxy) is 1. The largest absolute Gasteiger partial charge is 0.458 e. The summed E-state index contributed by atoms with van der Waals surface area (Å²) in [5.74, 6) is -0.637. The van der Waals surface area contributed by atoms with Crippen LogP contribution in [0, 0.1) is 0 Å². The summed E-state index contributed by atoms with van der Waals surface area (Å²) >= 11 is 0. The molecule has 0 aliphatic heterocycles. The zero-order chi connectivity index (χ0) is 13.1. The minimum Gasteiger partial charge on any atom is -0.458 e. The van der Waals surface area contributed by atoms with E-state index in [1.807, 2.05) is 0 Å². The second kappa shape index (κ2) is 5.01. The van der Waals surface area contributed by atoms with Gasteiger partial charge in [-0.25, -0.2) is 13.2 Å². The van der Waals surface area contributed by atoms with Crippen molar-refractivity contribution >= 4 is 21.5 Å². The van der Waals surface area contributed by atoms with Crippen molar-refractivity contribution in [3.05, 3.63) is 36.4 Å². The van der Waals surface area contributed by atoms with E-state index in [0.717, 1.165) is 6.26 Å². The van der Waals surface area contributed by atoms with Crippen molar-refractivity contribution < 1.29 is 17.9 Å². The van der Waals surface area contributed by atoms with Crippen molar-refractivity contribution in [2.24, 2.45) is 0 Å². The van der Waals surface area contributed by atoms with Crippen molar-refractivity contribution in [3.8, 4) is 0 Å². The van der Waals surface area contributed by atoms with Crippen LogP contribution < -0.4 is 5.73 Å². The Balaban J connectivity index is 3.14. The van der Waals surface area contributed by atoms with Gasteiger partial charge < -0.3 is 10.5 Å². The van der Waals surface area contributed by atoms with Crippen LogP contribution in [0.15, 0.2) is 35.7 Å². The number of nitrogen functional groups attached to an aromatic ring is 1. The van der Waals surface area contributed by atoms with Crippen molar-refractivity contribution in [2.75, 3.05) is 18.6 Å². The normalized spacial score (nSPS) is 10.9. The van der Waals surface area contributed by atoms with Gasteiger partial charge in [0, 0.05) is 11.9 Å². The predicted octanol–water partition coefficient (Wildman–Crippen LogP) is 1.02. The SMILES string of the molecule is C=CCOC(=O)c1cc(N)cc(S(C)(=O)=O)c1. The van der Waals surface area contributed by atoms with E-state index in [1.165, 1.54) is 24.3 Å². The number of nitrogens with two attached hydrogens (primary N) is 1. The monoisotopic (exact) mass is 255 g/mol. The lowest BCUT2D eigenvalue weighted by Gasteiger charge is -2.05. The molecule has 0 amide bonds. The Labute approximate surface area is 99.8 Å². The van der Waals surface area contributed by atoms with Crippen LogP contribution in [0.3, 0.4) is 0 Å². The van der Waals surface area contributed by atoms with Crippen LogP contribution in [0.1, 0.15) is 10.4 Å². The Morgan fingerprint density at radius 3 is 2.65 bits per heavy atom. The van der Waals surface area contributed by atoms with Gasteiger partial charge in [-0.1, -0.05) is 12.7 Å². The zero-order valence-electron chi connectivity index (χ0n) is 9.34. The van der Waals surface area contributed by atoms with Crippen LogP contribution in [-0.2, 0) is 14.6 Å². The molecule has 5 nitrogen and oxygen atoms in total. The third-order valence-corrected chi connectivity index (χ3v) is 3.02. The van der Waals surface area contributed by atoms with Gasteiger partial charge in [-0.2, -0.15) is 0 Å². The summed E-state index contributed by atoms with van der Waals surface area (Å²) in [6.07, 6.45) is 2.46. The van der Waals surface area contributed by atoms with E-state index in [4.69, 9.17) is 10.5 Å². The first kappa shape index (κ1) is 13.2. The summed E-state index contributed by atoms with van der Waals surface area (Å²) in [5, 5.41) is 0. The van der Waals surface area contributed by atoms with Gasteiger partial charge in [0.2, 0.25) is 0 Å². The van der Waals surface area contributed by atoms with Crippen LogP contribution in [0.25, 0.3) is 0 Å². The highest BCUT2D eigenvalue weighted by atomic mass is 32.2. The average molecular weight is 255 g/mol. The summed E-state index contributed by atoms with van der Waals surface area (Å²) in [7, 11) is -3.41.